The van der Waals surface area contributed by atoms with Crippen LogP contribution in [0.4, 0.5) is 0 Å². The van der Waals surface area contributed by atoms with Crippen LogP contribution in [0.25, 0.3) is 0 Å². The number of aliphatic carboxylic acids is 1. The van der Waals surface area contributed by atoms with Crippen molar-refractivity contribution in [2.45, 2.75) is 77.6 Å². The zero-order valence-corrected chi connectivity index (χ0v) is 11.5. The van der Waals surface area contributed by atoms with E-state index in [0.29, 0.717) is 12.0 Å². The summed E-state index contributed by atoms with van der Waals surface area (Å²) in [4.78, 5) is 20.9. The number of hydrogen-bond donors (Lipinski definition) is 1. The first-order chi connectivity index (χ1) is 8.70. The van der Waals surface area contributed by atoms with Crippen LogP contribution in [0.2, 0.25) is 0 Å². The molecule has 0 aromatic carbocycles. The molecular weight excluding hydrogens is 228 g/mol. The smallest absolute Gasteiger partial charge is 0.308 e. The molecule has 0 atom stereocenters. The van der Waals surface area contributed by atoms with E-state index in [4.69, 9.17) is 5.11 Å². The first-order valence-corrected chi connectivity index (χ1v) is 7.15. The molecule has 0 saturated carbocycles. The Morgan fingerprint density at radius 1 is 0.944 bits per heavy atom. The van der Waals surface area contributed by atoms with Crippen molar-refractivity contribution < 1.29 is 14.7 Å². The highest BCUT2D eigenvalue weighted by molar-refractivity contribution is 5.74. The molecule has 0 rings (SSSR count). The van der Waals surface area contributed by atoms with Gasteiger partial charge in [0.05, 0.1) is 6.42 Å². The molecule has 1 N–H and O–H groups in total. The SMILES string of the molecule is CCCCCCCCCCCC(=C=O)CC(=O)O. The maximum Gasteiger partial charge on any atom is 0.308 e. The summed E-state index contributed by atoms with van der Waals surface area (Å²) in [5.41, 5.74) is 0.394. The molecule has 0 aliphatic carbocycles. The van der Waals surface area contributed by atoms with Gasteiger partial charge in [0.15, 0.2) is 0 Å². The molecule has 0 unspecified atom stereocenters. The standard InChI is InChI=1S/C15H26O3/c1-2-3-4-5-6-7-8-9-10-11-14(13-16)12-15(17)18/h2-12H2,1H3,(H,17,18). The predicted octanol–water partition coefficient (Wildman–Crippen LogP) is 4.14. The van der Waals surface area contributed by atoms with Gasteiger partial charge in [-0.05, 0) is 12.8 Å². The minimum atomic E-state index is -0.940. The van der Waals surface area contributed by atoms with Crippen molar-refractivity contribution in [1.82, 2.24) is 0 Å². The van der Waals surface area contributed by atoms with Gasteiger partial charge < -0.3 is 5.11 Å². The van der Waals surface area contributed by atoms with Crippen LogP contribution in [0, 0.1) is 0 Å². The van der Waals surface area contributed by atoms with Crippen LogP contribution in [0.5, 0.6) is 0 Å². The van der Waals surface area contributed by atoms with Crippen molar-refractivity contribution in [3.63, 3.8) is 0 Å². The lowest BCUT2D eigenvalue weighted by Crippen LogP contribution is -1.98. The number of carbonyl (C=O) groups is 1. The molecule has 104 valence electrons. The van der Waals surface area contributed by atoms with Gasteiger partial charge in [-0.3, -0.25) is 4.79 Å². The number of hydrogen-bond acceptors (Lipinski definition) is 2. The number of carboxylic acids is 1. The van der Waals surface area contributed by atoms with Crippen LogP contribution in [-0.4, -0.2) is 17.0 Å². The molecule has 0 aliphatic heterocycles. The van der Waals surface area contributed by atoms with Crippen molar-refractivity contribution in [3.05, 3.63) is 5.57 Å². The molecule has 0 radical (unpaired) electrons. The number of unbranched alkanes of at least 4 members (excludes halogenated alkanes) is 8. The first-order valence-electron chi connectivity index (χ1n) is 7.15. The Hall–Kier alpha value is -1.08. The molecule has 0 spiro atoms. The number of carbonyl (C=O) groups excluding carboxylic acids is 1. The summed E-state index contributed by atoms with van der Waals surface area (Å²) in [5.74, 6) is 0.804. The molecule has 0 fully saturated rings. The topological polar surface area (TPSA) is 54.4 Å². The lowest BCUT2D eigenvalue weighted by molar-refractivity contribution is -0.136. The van der Waals surface area contributed by atoms with Crippen LogP contribution in [0.3, 0.4) is 0 Å². The summed E-state index contributed by atoms with van der Waals surface area (Å²) in [6.45, 7) is 2.22. The summed E-state index contributed by atoms with van der Waals surface area (Å²) in [5, 5.41) is 8.56. The Labute approximate surface area is 110 Å². The summed E-state index contributed by atoms with van der Waals surface area (Å²) in [6, 6.07) is 0. The van der Waals surface area contributed by atoms with Gasteiger partial charge in [0, 0.05) is 5.57 Å². The van der Waals surface area contributed by atoms with Gasteiger partial charge in [0.1, 0.15) is 5.94 Å². The monoisotopic (exact) mass is 254 g/mol. The molecule has 0 heterocycles. The Bertz CT molecular complexity index is 265. The molecule has 0 aliphatic rings. The molecule has 3 nitrogen and oxygen atoms in total. The lowest BCUT2D eigenvalue weighted by atomic mass is 10.0. The van der Waals surface area contributed by atoms with Gasteiger partial charge in [0.25, 0.3) is 0 Å². The fourth-order valence-corrected chi connectivity index (χ4v) is 2.01. The lowest BCUT2D eigenvalue weighted by Gasteiger charge is -2.02. The van der Waals surface area contributed by atoms with Crippen LogP contribution in [0.1, 0.15) is 77.6 Å². The average molecular weight is 254 g/mol. The van der Waals surface area contributed by atoms with Gasteiger partial charge in [-0.25, -0.2) is 4.79 Å². The van der Waals surface area contributed by atoms with Crippen LogP contribution in [-0.2, 0) is 9.59 Å². The van der Waals surface area contributed by atoms with E-state index in [1.807, 2.05) is 0 Å². The number of carboxylic acid groups (broad SMARTS) is 1. The fourth-order valence-electron chi connectivity index (χ4n) is 2.01. The van der Waals surface area contributed by atoms with Gasteiger partial charge in [-0.2, -0.15) is 0 Å². The van der Waals surface area contributed by atoms with Crippen molar-refractivity contribution >= 4 is 11.9 Å². The third kappa shape index (κ3) is 11.4. The molecule has 0 amide bonds. The van der Waals surface area contributed by atoms with Crippen molar-refractivity contribution in [2.75, 3.05) is 0 Å². The molecule has 0 bridgehead atoms. The van der Waals surface area contributed by atoms with E-state index in [2.05, 4.69) is 6.92 Å². The zero-order valence-electron chi connectivity index (χ0n) is 11.5. The summed E-state index contributed by atoms with van der Waals surface area (Å²) in [6.07, 6.45) is 11.4. The first kappa shape index (κ1) is 16.9. The Kier molecular flexibility index (Phi) is 11.6. The fraction of sp³-hybridized carbons (Fsp3) is 0.800. The maximum absolute atomic E-state index is 10.5. The van der Waals surface area contributed by atoms with E-state index in [1.165, 1.54) is 44.9 Å². The second-order valence-corrected chi connectivity index (χ2v) is 4.85. The second kappa shape index (κ2) is 12.4. The maximum atomic E-state index is 10.5. The molecule has 0 aromatic rings. The third-order valence-corrected chi connectivity index (χ3v) is 3.09. The van der Waals surface area contributed by atoms with Crippen molar-refractivity contribution in [3.8, 4) is 0 Å². The molecule has 18 heavy (non-hydrogen) atoms. The molecule has 3 heteroatoms. The Morgan fingerprint density at radius 2 is 1.44 bits per heavy atom. The van der Waals surface area contributed by atoms with Gasteiger partial charge in [0.2, 0.25) is 0 Å². The van der Waals surface area contributed by atoms with Crippen LogP contribution >= 0.6 is 0 Å². The Balaban J connectivity index is 3.34. The Morgan fingerprint density at radius 3 is 1.89 bits per heavy atom. The number of rotatable bonds is 12. The van der Waals surface area contributed by atoms with Crippen LogP contribution < -0.4 is 0 Å². The van der Waals surface area contributed by atoms with E-state index in [0.717, 1.165) is 12.8 Å². The van der Waals surface area contributed by atoms with E-state index in [1.54, 1.807) is 5.94 Å². The van der Waals surface area contributed by atoms with E-state index >= 15 is 0 Å². The van der Waals surface area contributed by atoms with Crippen LogP contribution in [0.15, 0.2) is 5.57 Å². The average Bonchev–Trinajstić information content (AvgIpc) is 2.35. The van der Waals surface area contributed by atoms with E-state index in [-0.39, 0.29) is 6.42 Å². The zero-order chi connectivity index (χ0) is 13.6. The van der Waals surface area contributed by atoms with Gasteiger partial charge >= 0.3 is 5.97 Å². The van der Waals surface area contributed by atoms with Crippen molar-refractivity contribution in [2.24, 2.45) is 0 Å². The molecule has 0 aromatic heterocycles. The minimum absolute atomic E-state index is 0.152. The largest absolute Gasteiger partial charge is 0.481 e. The second-order valence-electron chi connectivity index (χ2n) is 4.85. The quantitative estimate of drug-likeness (QED) is 0.420. The van der Waals surface area contributed by atoms with Crippen molar-refractivity contribution in [1.29, 1.82) is 0 Å². The molecular formula is C15H26O3. The summed E-state index contributed by atoms with van der Waals surface area (Å²) < 4.78 is 0. The van der Waals surface area contributed by atoms with E-state index < -0.39 is 5.97 Å². The third-order valence-electron chi connectivity index (χ3n) is 3.09. The minimum Gasteiger partial charge on any atom is -0.481 e. The summed E-state index contributed by atoms with van der Waals surface area (Å²) >= 11 is 0. The highest BCUT2D eigenvalue weighted by Gasteiger charge is 2.04. The highest BCUT2D eigenvalue weighted by atomic mass is 16.4. The highest BCUT2D eigenvalue weighted by Crippen LogP contribution is 2.13. The predicted molar refractivity (Wildman–Crippen MR) is 73.3 cm³/mol. The summed E-state index contributed by atoms with van der Waals surface area (Å²) in [7, 11) is 0. The normalized spacial score (nSPS) is 10.1. The molecule has 0 saturated heterocycles. The van der Waals surface area contributed by atoms with Gasteiger partial charge in [-0.15, -0.1) is 0 Å². The van der Waals surface area contributed by atoms with E-state index in [9.17, 15) is 9.59 Å². The van der Waals surface area contributed by atoms with Gasteiger partial charge in [-0.1, -0.05) is 58.3 Å².